The van der Waals surface area contributed by atoms with Gasteiger partial charge >= 0.3 is 5.97 Å². The van der Waals surface area contributed by atoms with Crippen LogP contribution in [0, 0.1) is 17.6 Å². The van der Waals surface area contributed by atoms with Gasteiger partial charge in [0.1, 0.15) is 16.6 Å². The maximum Gasteiger partial charge on any atom is 0.355 e. The summed E-state index contributed by atoms with van der Waals surface area (Å²) in [5.41, 5.74) is -0.118. The van der Waals surface area contributed by atoms with Crippen molar-refractivity contribution in [3.8, 4) is 0 Å². The Morgan fingerprint density at radius 2 is 2.04 bits per heavy atom. The van der Waals surface area contributed by atoms with Crippen molar-refractivity contribution in [1.82, 2.24) is 10.3 Å². The second-order valence-corrected chi connectivity index (χ2v) is 6.18. The number of hydrogen-bond donors (Lipinski definition) is 2. The van der Waals surface area contributed by atoms with E-state index in [9.17, 15) is 18.4 Å². The van der Waals surface area contributed by atoms with Crippen molar-refractivity contribution >= 4 is 23.2 Å². The van der Waals surface area contributed by atoms with Crippen LogP contribution in [0.1, 0.15) is 33.4 Å². The summed E-state index contributed by atoms with van der Waals surface area (Å²) >= 11 is 1.13. The highest BCUT2D eigenvalue weighted by atomic mass is 32.1. The second-order valence-electron chi connectivity index (χ2n) is 5.23. The number of benzene rings is 1. The zero-order valence-electron chi connectivity index (χ0n) is 11.8. The minimum Gasteiger partial charge on any atom is -0.476 e. The molecule has 1 aromatic heterocycles. The van der Waals surface area contributed by atoms with Crippen LogP contribution < -0.4 is 5.32 Å². The molecule has 2 N–H and O–H groups in total. The zero-order chi connectivity index (χ0) is 16.6. The van der Waals surface area contributed by atoms with E-state index in [2.05, 4.69) is 10.3 Å². The molecule has 0 radical (unpaired) electrons. The molecule has 1 saturated carbocycles. The lowest BCUT2D eigenvalue weighted by atomic mass is 10.1. The number of halogens is 2. The maximum atomic E-state index is 13.7. The Balaban J connectivity index is 1.59. The van der Waals surface area contributed by atoms with Gasteiger partial charge in [0.05, 0.1) is 6.54 Å². The fraction of sp³-hybridized carbons (Fsp3) is 0.267. The first-order valence-electron chi connectivity index (χ1n) is 6.86. The van der Waals surface area contributed by atoms with Gasteiger partial charge in [-0.1, -0.05) is 6.07 Å². The third kappa shape index (κ3) is 3.21. The molecule has 5 nitrogen and oxygen atoms in total. The van der Waals surface area contributed by atoms with Crippen LogP contribution in [-0.4, -0.2) is 22.0 Å². The molecule has 1 fully saturated rings. The summed E-state index contributed by atoms with van der Waals surface area (Å²) in [6.07, 6.45) is 0.391. The summed E-state index contributed by atoms with van der Waals surface area (Å²) in [4.78, 5) is 26.6. The van der Waals surface area contributed by atoms with Crippen molar-refractivity contribution in [2.45, 2.75) is 18.9 Å². The van der Waals surface area contributed by atoms with E-state index in [0.29, 0.717) is 11.4 Å². The van der Waals surface area contributed by atoms with Crippen LogP contribution in [0.15, 0.2) is 23.6 Å². The molecule has 1 aliphatic rings. The van der Waals surface area contributed by atoms with Crippen LogP contribution in [0.4, 0.5) is 8.78 Å². The van der Waals surface area contributed by atoms with Gasteiger partial charge in [-0.25, -0.2) is 18.6 Å². The fourth-order valence-corrected chi connectivity index (χ4v) is 3.16. The van der Waals surface area contributed by atoms with Crippen LogP contribution in [0.25, 0.3) is 0 Å². The van der Waals surface area contributed by atoms with Crippen molar-refractivity contribution in [2.24, 2.45) is 5.92 Å². The normalized spacial score (nSPS) is 19.4. The van der Waals surface area contributed by atoms with Crippen LogP contribution in [0.2, 0.25) is 0 Å². The number of rotatable bonds is 5. The first kappa shape index (κ1) is 15.5. The third-order valence-corrected chi connectivity index (χ3v) is 4.53. The summed E-state index contributed by atoms with van der Waals surface area (Å²) in [6, 6.07) is 3.64. The van der Waals surface area contributed by atoms with Crippen molar-refractivity contribution in [3.05, 3.63) is 51.5 Å². The van der Waals surface area contributed by atoms with Gasteiger partial charge in [0.2, 0.25) is 5.91 Å². The van der Waals surface area contributed by atoms with Gasteiger partial charge in [0.15, 0.2) is 5.69 Å². The standard InChI is InChI=1S/C15H12F2N2O3S/c16-9-2-1-3-10(17)13(9)7-4-8(7)14(20)18-5-12-19-11(6-23-12)15(21)22/h1-3,6-8H,4-5H2,(H,18,20)(H,21,22)/t7-,8+/m1/s1. The number of carboxylic acid groups (broad SMARTS) is 1. The number of carbonyl (C=O) groups is 2. The highest BCUT2D eigenvalue weighted by molar-refractivity contribution is 7.09. The smallest absolute Gasteiger partial charge is 0.355 e. The van der Waals surface area contributed by atoms with E-state index in [-0.39, 0.29) is 23.7 Å². The van der Waals surface area contributed by atoms with Gasteiger partial charge in [-0.3, -0.25) is 4.79 Å². The number of aromatic nitrogens is 1. The zero-order valence-corrected chi connectivity index (χ0v) is 12.6. The maximum absolute atomic E-state index is 13.7. The Bertz CT molecular complexity index is 758. The Morgan fingerprint density at radius 1 is 1.35 bits per heavy atom. The van der Waals surface area contributed by atoms with Gasteiger partial charge in [-0.05, 0) is 18.6 Å². The molecule has 3 rings (SSSR count). The first-order valence-corrected chi connectivity index (χ1v) is 7.74. The number of hydrogen-bond acceptors (Lipinski definition) is 4. The molecule has 2 atom stereocenters. The molecule has 23 heavy (non-hydrogen) atoms. The molecule has 0 aliphatic heterocycles. The van der Waals surface area contributed by atoms with Crippen molar-refractivity contribution < 1.29 is 23.5 Å². The number of nitrogens with zero attached hydrogens (tertiary/aromatic N) is 1. The van der Waals surface area contributed by atoms with Gasteiger partial charge in [0.25, 0.3) is 0 Å². The van der Waals surface area contributed by atoms with Gasteiger partial charge in [-0.15, -0.1) is 11.3 Å². The monoisotopic (exact) mass is 338 g/mol. The second kappa shape index (κ2) is 6.04. The predicted molar refractivity (Wildman–Crippen MR) is 78.1 cm³/mol. The third-order valence-electron chi connectivity index (χ3n) is 3.68. The molecule has 1 aromatic carbocycles. The molecule has 0 unspecified atom stereocenters. The fourth-order valence-electron chi connectivity index (χ4n) is 2.45. The van der Waals surface area contributed by atoms with Crippen molar-refractivity contribution in [2.75, 3.05) is 0 Å². The SMILES string of the molecule is O=C(O)c1csc(CNC(=O)[C@H]2C[C@H]2c2c(F)cccc2F)n1. The molecule has 120 valence electrons. The average molecular weight is 338 g/mol. The van der Waals surface area contributed by atoms with E-state index in [0.717, 1.165) is 11.3 Å². The number of aromatic carboxylic acids is 1. The van der Waals surface area contributed by atoms with Crippen LogP contribution in [0.3, 0.4) is 0 Å². The Kier molecular flexibility index (Phi) is 4.08. The molecule has 0 bridgehead atoms. The number of amides is 1. The van der Waals surface area contributed by atoms with Crippen LogP contribution >= 0.6 is 11.3 Å². The van der Waals surface area contributed by atoms with E-state index in [1.165, 1.54) is 23.6 Å². The molecular formula is C15H12F2N2O3S. The lowest BCUT2D eigenvalue weighted by molar-refractivity contribution is -0.122. The summed E-state index contributed by atoms with van der Waals surface area (Å²) in [7, 11) is 0. The van der Waals surface area contributed by atoms with E-state index in [1.807, 2.05) is 0 Å². The Labute approximate surface area is 134 Å². The van der Waals surface area contributed by atoms with E-state index >= 15 is 0 Å². The highest BCUT2D eigenvalue weighted by Gasteiger charge is 2.46. The summed E-state index contributed by atoms with van der Waals surface area (Å²) in [5, 5.41) is 13.2. The summed E-state index contributed by atoms with van der Waals surface area (Å²) in [5.74, 6) is -3.66. The van der Waals surface area contributed by atoms with Gasteiger partial charge in [-0.2, -0.15) is 0 Å². The first-order chi connectivity index (χ1) is 11.0. The Morgan fingerprint density at radius 3 is 2.65 bits per heavy atom. The number of thiazole rings is 1. The largest absolute Gasteiger partial charge is 0.476 e. The van der Waals surface area contributed by atoms with Gasteiger partial charge < -0.3 is 10.4 Å². The van der Waals surface area contributed by atoms with Crippen molar-refractivity contribution in [3.63, 3.8) is 0 Å². The minimum atomic E-state index is -1.13. The van der Waals surface area contributed by atoms with E-state index in [4.69, 9.17) is 5.11 Å². The molecular weight excluding hydrogens is 326 g/mol. The predicted octanol–water partition coefficient (Wildman–Crippen LogP) is 2.54. The molecule has 2 aromatic rings. The quantitative estimate of drug-likeness (QED) is 0.878. The summed E-state index contributed by atoms with van der Waals surface area (Å²) < 4.78 is 27.3. The topological polar surface area (TPSA) is 79.3 Å². The molecule has 1 amide bonds. The van der Waals surface area contributed by atoms with Crippen molar-refractivity contribution in [1.29, 1.82) is 0 Å². The highest BCUT2D eigenvalue weighted by Crippen LogP contribution is 2.49. The van der Waals surface area contributed by atoms with Gasteiger partial charge in [0, 0.05) is 22.8 Å². The Hall–Kier alpha value is -2.35. The van der Waals surface area contributed by atoms with Crippen LogP contribution in [-0.2, 0) is 11.3 Å². The minimum absolute atomic E-state index is 0.0462. The molecule has 8 heteroatoms. The number of carboxylic acids is 1. The van der Waals surface area contributed by atoms with E-state index in [1.54, 1.807) is 0 Å². The van der Waals surface area contributed by atoms with E-state index < -0.39 is 29.4 Å². The molecule has 1 heterocycles. The van der Waals surface area contributed by atoms with Crippen LogP contribution in [0.5, 0.6) is 0 Å². The number of nitrogens with one attached hydrogen (secondary N) is 1. The molecule has 0 spiro atoms. The molecule has 0 saturated heterocycles. The number of carbonyl (C=O) groups excluding carboxylic acids is 1. The lowest BCUT2D eigenvalue weighted by Crippen LogP contribution is -2.25. The summed E-state index contributed by atoms with van der Waals surface area (Å²) in [6.45, 7) is 0.0970. The lowest BCUT2D eigenvalue weighted by Gasteiger charge is -2.05. The molecule has 1 aliphatic carbocycles. The average Bonchev–Trinajstić information content (AvgIpc) is 3.12.